The van der Waals surface area contributed by atoms with Gasteiger partial charge in [0.15, 0.2) is 15.8 Å². The molecule has 0 aromatic heterocycles. The number of nitrogens with zero attached hydrogens (tertiary/aromatic N) is 1. The highest BCUT2D eigenvalue weighted by Gasteiger charge is 2.13. The first-order chi connectivity index (χ1) is 14.0. The average Bonchev–Trinajstić information content (AvgIpc) is 2.74. The van der Waals surface area contributed by atoms with Gasteiger partial charge in [-0.05, 0) is 30.0 Å². The van der Waals surface area contributed by atoms with Crippen LogP contribution in [0.5, 0.6) is 0 Å². The van der Waals surface area contributed by atoms with Gasteiger partial charge in [-0.2, -0.15) is 0 Å². The summed E-state index contributed by atoms with van der Waals surface area (Å²) in [7, 11) is -1.54. The van der Waals surface area contributed by atoms with E-state index >= 15 is 0 Å². The molecule has 0 bridgehead atoms. The van der Waals surface area contributed by atoms with Crippen molar-refractivity contribution in [2.75, 3.05) is 32.5 Å². The Morgan fingerprint density at radius 1 is 1.03 bits per heavy atom. The molecule has 0 saturated carbocycles. The Morgan fingerprint density at radius 3 is 2.30 bits per heavy atom. The monoisotopic (exact) mass is 545 g/mol. The third-order valence-corrected chi connectivity index (χ3v) is 6.16. The third kappa shape index (κ3) is 9.90. The molecule has 0 heterocycles. The molecule has 2 N–H and O–H groups in total. The quantitative estimate of drug-likeness (QED) is 0.196. The van der Waals surface area contributed by atoms with E-state index < -0.39 is 9.84 Å². The molecule has 0 spiro atoms. The lowest BCUT2D eigenvalue weighted by Crippen LogP contribution is -2.40. The van der Waals surface area contributed by atoms with Crippen molar-refractivity contribution in [1.29, 1.82) is 0 Å². The number of hydrogen-bond donors (Lipinski definition) is 2. The lowest BCUT2D eigenvalue weighted by Gasteiger charge is -2.16. The first-order valence-corrected chi connectivity index (χ1v) is 11.5. The summed E-state index contributed by atoms with van der Waals surface area (Å²) >= 11 is 0. The van der Waals surface area contributed by atoms with Gasteiger partial charge in [-0.1, -0.05) is 55.5 Å². The predicted octanol–water partition coefficient (Wildman–Crippen LogP) is 3.49. The van der Waals surface area contributed by atoms with Crippen LogP contribution in [0.3, 0.4) is 0 Å². The molecule has 0 amide bonds. The third-order valence-electron chi connectivity index (χ3n) is 4.34. The molecule has 0 fully saturated rings. The summed E-state index contributed by atoms with van der Waals surface area (Å²) in [5.74, 6) is 1.08. The van der Waals surface area contributed by atoms with Crippen LogP contribution in [0.25, 0.3) is 0 Å². The highest BCUT2D eigenvalue weighted by molar-refractivity contribution is 14.0. The summed E-state index contributed by atoms with van der Waals surface area (Å²) < 4.78 is 30.3. The molecular weight excluding hydrogens is 513 g/mol. The highest BCUT2D eigenvalue weighted by atomic mass is 127. The van der Waals surface area contributed by atoms with Crippen molar-refractivity contribution in [2.45, 2.75) is 24.8 Å². The normalized spacial score (nSPS) is 12.7. The molecule has 2 aromatic rings. The standard InChI is InChI=1S/C22H31N3O3S.HI/c1-19(17-28-18-20-10-5-3-6-11-20)16-25-22(23-2)24-14-9-15-29(26,27)21-12-7-4-8-13-21;/h3-8,10-13,19H,9,14-18H2,1-2H3,(H2,23,24,25);1H. The number of nitrogens with one attached hydrogen (secondary N) is 2. The highest BCUT2D eigenvalue weighted by Crippen LogP contribution is 2.10. The van der Waals surface area contributed by atoms with E-state index in [1.807, 2.05) is 36.4 Å². The largest absolute Gasteiger partial charge is 0.376 e. The fraction of sp³-hybridized carbons (Fsp3) is 0.409. The van der Waals surface area contributed by atoms with E-state index in [2.05, 4.69) is 22.5 Å². The molecule has 2 aromatic carbocycles. The number of halogens is 1. The van der Waals surface area contributed by atoms with Crippen LogP contribution in [0.2, 0.25) is 0 Å². The summed E-state index contributed by atoms with van der Waals surface area (Å²) in [5.41, 5.74) is 1.16. The van der Waals surface area contributed by atoms with Gasteiger partial charge in [-0.15, -0.1) is 24.0 Å². The molecule has 0 aliphatic heterocycles. The second kappa shape index (κ2) is 14.4. The van der Waals surface area contributed by atoms with Gasteiger partial charge in [-0.25, -0.2) is 8.42 Å². The topological polar surface area (TPSA) is 79.8 Å². The number of hydrogen-bond acceptors (Lipinski definition) is 4. The lowest BCUT2D eigenvalue weighted by atomic mass is 10.2. The molecule has 8 heteroatoms. The Hall–Kier alpha value is -1.65. The molecule has 0 radical (unpaired) electrons. The SMILES string of the molecule is CN=C(NCCCS(=O)(=O)c1ccccc1)NCC(C)COCc1ccccc1.I. The predicted molar refractivity (Wildman–Crippen MR) is 133 cm³/mol. The number of aliphatic imine (C=N–C) groups is 1. The summed E-state index contributed by atoms with van der Waals surface area (Å²) in [6.45, 7) is 4.61. The minimum Gasteiger partial charge on any atom is -0.376 e. The van der Waals surface area contributed by atoms with Gasteiger partial charge in [-0.3, -0.25) is 4.99 Å². The Morgan fingerprint density at radius 2 is 1.67 bits per heavy atom. The number of guanidine groups is 1. The molecule has 1 atom stereocenters. The lowest BCUT2D eigenvalue weighted by molar-refractivity contribution is 0.0931. The summed E-state index contributed by atoms with van der Waals surface area (Å²) in [6.07, 6.45) is 0.508. The van der Waals surface area contributed by atoms with Crippen LogP contribution in [0.15, 0.2) is 70.6 Å². The van der Waals surface area contributed by atoms with Crippen LogP contribution in [0.1, 0.15) is 18.9 Å². The molecule has 0 aliphatic carbocycles. The van der Waals surface area contributed by atoms with Gasteiger partial charge >= 0.3 is 0 Å². The molecule has 2 rings (SSSR count). The average molecular weight is 545 g/mol. The smallest absolute Gasteiger partial charge is 0.190 e. The summed E-state index contributed by atoms with van der Waals surface area (Å²) in [5, 5.41) is 6.42. The Kier molecular flexibility index (Phi) is 12.6. The second-order valence-corrected chi connectivity index (χ2v) is 9.08. The van der Waals surface area contributed by atoms with E-state index in [-0.39, 0.29) is 29.7 Å². The van der Waals surface area contributed by atoms with Crippen molar-refractivity contribution in [3.63, 3.8) is 0 Å². The zero-order valence-electron chi connectivity index (χ0n) is 17.6. The number of sulfone groups is 1. The van der Waals surface area contributed by atoms with Gasteiger partial charge in [0, 0.05) is 20.1 Å². The van der Waals surface area contributed by atoms with Crippen LogP contribution >= 0.6 is 24.0 Å². The van der Waals surface area contributed by atoms with Gasteiger partial charge in [0.1, 0.15) is 0 Å². The van der Waals surface area contributed by atoms with E-state index in [1.165, 1.54) is 0 Å². The summed E-state index contributed by atoms with van der Waals surface area (Å²) in [4.78, 5) is 4.55. The van der Waals surface area contributed by atoms with Gasteiger partial charge in [0.25, 0.3) is 0 Å². The fourth-order valence-corrected chi connectivity index (χ4v) is 4.05. The number of ether oxygens (including phenoxy) is 1. The van der Waals surface area contributed by atoms with Crippen molar-refractivity contribution >= 4 is 39.8 Å². The van der Waals surface area contributed by atoms with E-state index in [0.717, 1.165) is 12.1 Å². The first-order valence-electron chi connectivity index (χ1n) is 9.85. The van der Waals surface area contributed by atoms with Crippen molar-refractivity contribution in [1.82, 2.24) is 10.6 Å². The van der Waals surface area contributed by atoms with Crippen LogP contribution < -0.4 is 10.6 Å². The van der Waals surface area contributed by atoms with Gasteiger partial charge < -0.3 is 15.4 Å². The Labute approximate surface area is 197 Å². The van der Waals surface area contributed by atoms with E-state index in [1.54, 1.807) is 31.3 Å². The van der Waals surface area contributed by atoms with Crippen LogP contribution in [-0.2, 0) is 21.2 Å². The zero-order chi connectivity index (χ0) is 21.0. The van der Waals surface area contributed by atoms with Crippen LogP contribution in [-0.4, -0.2) is 46.9 Å². The molecular formula is C22H32IN3O3S. The molecule has 6 nitrogen and oxygen atoms in total. The number of rotatable bonds is 11. The minimum atomic E-state index is -3.24. The van der Waals surface area contributed by atoms with Crippen molar-refractivity contribution in [3.8, 4) is 0 Å². The molecule has 1 unspecified atom stereocenters. The Bertz CT molecular complexity index is 846. The fourth-order valence-electron chi connectivity index (χ4n) is 2.72. The maximum Gasteiger partial charge on any atom is 0.190 e. The van der Waals surface area contributed by atoms with Crippen molar-refractivity contribution in [3.05, 3.63) is 66.2 Å². The minimum absolute atomic E-state index is 0. The molecule has 0 aliphatic rings. The van der Waals surface area contributed by atoms with E-state index in [4.69, 9.17) is 4.74 Å². The maximum absolute atomic E-state index is 12.3. The Balaban J connectivity index is 0.00000450. The van der Waals surface area contributed by atoms with E-state index in [0.29, 0.717) is 43.0 Å². The zero-order valence-corrected chi connectivity index (χ0v) is 20.7. The van der Waals surface area contributed by atoms with Crippen LogP contribution in [0, 0.1) is 5.92 Å². The second-order valence-electron chi connectivity index (χ2n) is 6.97. The molecule has 166 valence electrons. The van der Waals surface area contributed by atoms with Crippen molar-refractivity contribution in [2.24, 2.45) is 10.9 Å². The maximum atomic E-state index is 12.3. The number of benzene rings is 2. The van der Waals surface area contributed by atoms with Gasteiger partial charge in [0.05, 0.1) is 23.9 Å². The molecule has 0 saturated heterocycles. The van der Waals surface area contributed by atoms with Crippen LogP contribution in [0.4, 0.5) is 0 Å². The van der Waals surface area contributed by atoms with Gasteiger partial charge in [0.2, 0.25) is 0 Å². The van der Waals surface area contributed by atoms with Crippen molar-refractivity contribution < 1.29 is 13.2 Å². The summed E-state index contributed by atoms with van der Waals surface area (Å²) in [6, 6.07) is 18.6. The van der Waals surface area contributed by atoms with E-state index in [9.17, 15) is 8.42 Å². The first kappa shape index (κ1) is 26.4. The molecule has 30 heavy (non-hydrogen) atoms.